The van der Waals surface area contributed by atoms with Gasteiger partial charge in [-0.2, -0.15) is 5.10 Å². The van der Waals surface area contributed by atoms with Crippen LogP contribution in [0.2, 0.25) is 0 Å². The molecule has 1 aliphatic rings. The standard InChI is InChI=1S/C10H18N4.2ClH/c1-2-14-7-9(11)10(13-14)12-8-5-3-4-6-8;;/h7-8H,2-6,11H2,1H3,(H,12,13);2*1H. The van der Waals surface area contributed by atoms with Crippen LogP contribution >= 0.6 is 24.8 Å². The summed E-state index contributed by atoms with van der Waals surface area (Å²) in [6, 6.07) is 0.581. The summed E-state index contributed by atoms with van der Waals surface area (Å²) in [5.41, 5.74) is 6.61. The predicted octanol–water partition coefficient (Wildman–Crippen LogP) is 2.68. The molecule has 6 heteroatoms. The third-order valence-corrected chi connectivity index (χ3v) is 2.81. The van der Waals surface area contributed by atoms with Gasteiger partial charge in [-0.05, 0) is 19.8 Å². The summed E-state index contributed by atoms with van der Waals surface area (Å²) in [5, 5.41) is 7.78. The second-order valence-electron chi connectivity index (χ2n) is 3.91. The van der Waals surface area contributed by atoms with Crippen molar-refractivity contribution in [2.45, 2.75) is 45.2 Å². The van der Waals surface area contributed by atoms with E-state index in [-0.39, 0.29) is 24.8 Å². The highest BCUT2D eigenvalue weighted by Gasteiger charge is 2.16. The average molecular weight is 267 g/mol. The van der Waals surface area contributed by atoms with E-state index in [1.54, 1.807) is 0 Å². The number of hydrogen-bond acceptors (Lipinski definition) is 3. The third-order valence-electron chi connectivity index (χ3n) is 2.81. The molecule has 0 aliphatic heterocycles. The van der Waals surface area contributed by atoms with Crippen LogP contribution in [0, 0.1) is 0 Å². The topological polar surface area (TPSA) is 55.9 Å². The second-order valence-corrected chi connectivity index (χ2v) is 3.91. The summed E-state index contributed by atoms with van der Waals surface area (Å²) in [5.74, 6) is 0.860. The zero-order valence-electron chi connectivity index (χ0n) is 9.48. The Morgan fingerprint density at radius 1 is 1.44 bits per heavy atom. The minimum Gasteiger partial charge on any atom is -0.394 e. The molecule has 1 saturated carbocycles. The summed E-state index contributed by atoms with van der Waals surface area (Å²) < 4.78 is 1.87. The van der Waals surface area contributed by atoms with Crippen molar-refractivity contribution in [1.29, 1.82) is 0 Å². The molecule has 4 nitrogen and oxygen atoms in total. The van der Waals surface area contributed by atoms with Crippen molar-refractivity contribution in [2.75, 3.05) is 11.1 Å². The Labute approximate surface area is 109 Å². The van der Waals surface area contributed by atoms with Crippen LogP contribution in [0.5, 0.6) is 0 Å². The maximum atomic E-state index is 5.85. The van der Waals surface area contributed by atoms with Gasteiger partial charge in [0.25, 0.3) is 0 Å². The van der Waals surface area contributed by atoms with Crippen LogP contribution in [-0.2, 0) is 6.54 Å². The first-order chi connectivity index (χ1) is 6.79. The first kappa shape index (κ1) is 15.4. The van der Waals surface area contributed by atoms with Gasteiger partial charge >= 0.3 is 0 Å². The van der Waals surface area contributed by atoms with E-state index >= 15 is 0 Å². The summed E-state index contributed by atoms with van der Waals surface area (Å²) in [6.45, 7) is 2.93. The molecule has 3 N–H and O–H groups in total. The van der Waals surface area contributed by atoms with E-state index in [4.69, 9.17) is 5.73 Å². The number of aryl methyl sites for hydroxylation is 1. The first-order valence-electron chi connectivity index (χ1n) is 5.39. The molecule has 0 atom stereocenters. The minimum absolute atomic E-state index is 0. The lowest BCUT2D eigenvalue weighted by Crippen LogP contribution is -2.15. The molecule has 0 unspecified atom stereocenters. The minimum atomic E-state index is 0. The highest BCUT2D eigenvalue weighted by Crippen LogP contribution is 2.24. The number of aromatic nitrogens is 2. The van der Waals surface area contributed by atoms with E-state index in [0.717, 1.165) is 18.1 Å². The van der Waals surface area contributed by atoms with Crippen LogP contribution in [0.3, 0.4) is 0 Å². The number of halogens is 2. The molecule has 0 radical (unpaired) electrons. The monoisotopic (exact) mass is 266 g/mol. The fraction of sp³-hybridized carbons (Fsp3) is 0.700. The number of anilines is 2. The second kappa shape index (κ2) is 6.86. The summed E-state index contributed by atoms with van der Waals surface area (Å²) in [6.07, 6.45) is 7.03. The van der Waals surface area contributed by atoms with Gasteiger partial charge in [-0.1, -0.05) is 12.8 Å². The number of nitrogens with two attached hydrogens (primary N) is 1. The molecule has 0 bridgehead atoms. The maximum Gasteiger partial charge on any atom is 0.171 e. The van der Waals surface area contributed by atoms with Crippen LogP contribution in [0.4, 0.5) is 11.5 Å². The van der Waals surface area contributed by atoms with Crippen LogP contribution in [0.15, 0.2) is 6.20 Å². The van der Waals surface area contributed by atoms with Gasteiger partial charge in [-0.3, -0.25) is 4.68 Å². The number of hydrogen-bond donors (Lipinski definition) is 2. The highest BCUT2D eigenvalue weighted by atomic mass is 35.5. The molecule has 16 heavy (non-hydrogen) atoms. The lowest BCUT2D eigenvalue weighted by molar-refractivity contribution is 0.655. The Balaban J connectivity index is 0.00000112. The number of rotatable bonds is 3. The number of nitrogens with zero attached hydrogens (tertiary/aromatic N) is 2. The van der Waals surface area contributed by atoms with Crippen LogP contribution in [0.25, 0.3) is 0 Å². The molecule has 2 rings (SSSR count). The lowest BCUT2D eigenvalue weighted by atomic mass is 10.2. The Bertz CT molecular complexity index is 308. The van der Waals surface area contributed by atoms with Gasteiger partial charge in [-0.15, -0.1) is 24.8 Å². The Morgan fingerprint density at radius 2 is 2.06 bits per heavy atom. The van der Waals surface area contributed by atoms with Gasteiger partial charge in [-0.25, -0.2) is 0 Å². The van der Waals surface area contributed by atoms with Gasteiger partial charge in [0.1, 0.15) is 0 Å². The summed E-state index contributed by atoms with van der Waals surface area (Å²) in [7, 11) is 0. The van der Waals surface area contributed by atoms with E-state index in [1.807, 2.05) is 10.9 Å². The van der Waals surface area contributed by atoms with Crippen molar-refractivity contribution >= 4 is 36.3 Å². The van der Waals surface area contributed by atoms with Gasteiger partial charge in [0.15, 0.2) is 5.82 Å². The van der Waals surface area contributed by atoms with Gasteiger partial charge in [0.05, 0.1) is 11.9 Å². The molecule has 0 spiro atoms. The zero-order valence-corrected chi connectivity index (χ0v) is 11.1. The Morgan fingerprint density at radius 3 is 2.56 bits per heavy atom. The molecule has 1 aromatic heterocycles. The van der Waals surface area contributed by atoms with Crippen molar-refractivity contribution < 1.29 is 0 Å². The molecule has 1 aliphatic carbocycles. The fourth-order valence-corrected chi connectivity index (χ4v) is 1.97. The lowest BCUT2D eigenvalue weighted by Gasteiger charge is -2.10. The fourth-order valence-electron chi connectivity index (χ4n) is 1.97. The smallest absolute Gasteiger partial charge is 0.171 e. The molecule has 0 aromatic carbocycles. The van der Waals surface area contributed by atoms with E-state index in [2.05, 4.69) is 17.3 Å². The highest BCUT2D eigenvalue weighted by molar-refractivity contribution is 5.85. The molecule has 0 amide bonds. The van der Waals surface area contributed by atoms with Gasteiger partial charge in [0, 0.05) is 12.6 Å². The largest absolute Gasteiger partial charge is 0.394 e. The molecule has 1 heterocycles. The molecule has 1 aromatic rings. The van der Waals surface area contributed by atoms with E-state index in [9.17, 15) is 0 Å². The third kappa shape index (κ3) is 3.46. The van der Waals surface area contributed by atoms with Crippen molar-refractivity contribution in [3.63, 3.8) is 0 Å². The van der Waals surface area contributed by atoms with Crippen molar-refractivity contribution in [2.24, 2.45) is 0 Å². The van der Waals surface area contributed by atoms with Crippen LogP contribution < -0.4 is 11.1 Å². The number of nitrogen functional groups attached to an aromatic ring is 1. The van der Waals surface area contributed by atoms with Gasteiger partial charge < -0.3 is 11.1 Å². The zero-order chi connectivity index (χ0) is 9.97. The van der Waals surface area contributed by atoms with E-state index in [0.29, 0.717) is 6.04 Å². The molecule has 94 valence electrons. The van der Waals surface area contributed by atoms with E-state index in [1.165, 1.54) is 25.7 Å². The Kier molecular flexibility index (Phi) is 6.60. The van der Waals surface area contributed by atoms with Crippen LogP contribution in [0.1, 0.15) is 32.6 Å². The normalized spacial score (nSPS) is 15.3. The SMILES string of the molecule is CCn1cc(N)c(NC2CCCC2)n1.Cl.Cl. The van der Waals surface area contributed by atoms with Gasteiger partial charge in [0.2, 0.25) is 0 Å². The molecular formula is C10H20Cl2N4. The Hall–Kier alpha value is -0.610. The van der Waals surface area contributed by atoms with Crippen molar-refractivity contribution in [3.05, 3.63) is 6.20 Å². The summed E-state index contributed by atoms with van der Waals surface area (Å²) >= 11 is 0. The van der Waals surface area contributed by atoms with E-state index < -0.39 is 0 Å². The van der Waals surface area contributed by atoms with Crippen molar-refractivity contribution in [3.8, 4) is 0 Å². The summed E-state index contributed by atoms with van der Waals surface area (Å²) in [4.78, 5) is 0. The number of nitrogens with one attached hydrogen (secondary N) is 1. The molecule has 0 saturated heterocycles. The quantitative estimate of drug-likeness (QED) is 0.885. The predicted molar refractivity (Wildman–Crippen MR) is 72.7 cm³/mol. The van der Waals surface area contributed by atoms with Crippen molar-refractivity contribution in [1.82, 2.24) is 9.78 Å². The average Bonchev–Trinajstić information content (AvgIpc) is 2.78. The maximum absolute atomic E-state index is 5.85. The first-order valence-corrected chi connectivity index (χ1v) is 5.39. The molecular weight excluding hydrogens is 247 g/mol. The molecule has 1 fully saturated rings. The van der Waals surface area contributed by atoms with Crippen LogP contribution in [-0.4, -0.2) is 15.8 Å².